The normalized spacial score (nSPS) is 19.4. The number of aliphatic hydroxyl groups excluding tert-OH is 1. The van der Waals surface area contributed by atoms with Crippen LogP contribution >= 0.6 is 0 Å². The van der Waals surface area contributed by atoms with E-state index in [4.69, 9.17) is 4.74 Å². The molecule has 0 spiro atoms. The lowest BCUT2D eigenvalue weighted by molar-refractivity contribution is -0.131. The van der Waals surface area contributed by atoms with Gasteiger partial charge in [0.1, 0.15) is 11.7 Å². The summed E-state index contributed by atoms with van der Waals surface area (Å²) >= 11 is 0. The zero-order chi connectivity index (χ0) is 23.4. The standard InChI is InChI=1S/C25H33N3O4/c1-6-23(30)27(5)14-22-17(3)13-28(18(4)15-29)25(31)21-11-19(12-26-24(21)32-22)20-10-8-7-9-16(20)2/h7-12,17-18,22,29H,6,13-15H2,1-5H3/t17-,18-,22-/m0/s1. The second-order valence-corrected chi connectivity index (χ2v) is 8.64. The van der Waals surface area contributed by atoms with Gasteiger partial charge in [0.2, 0.25) is 11.8 Å². The van der Waals surface area contributed by atoms with Crippen molar-refractivity contribution in [1.29, 1.82) is 0 Å². The Bertz CT molecular complexity index is 977. The number of rotatable bonds is 6. The minimum absolute atomic E-state index is 0.0302. The number of aromatic nitrogens is 1. The molecule has 2 heterocycles. The van der Waals surface area contributed by atoms with Crippen molar-refractivity contribution in [1.82, 2.24) is 14.8 Å². The highest BCUT2D eigenvalue weighted by molar-refractivity contribution is 5.98. The maximum atomic E-state index is 13.5. The third-order valence-corrected chi connectivity index (χ3v) is 6.16. The van der Waals surface area contributed by atoms with Crippen molar-refractivity contribution in [3.05, 3.63) is 47.7 Å². The first-order valence-electron chi connectivity index (χ1n) is 11.1. The average molecular weight is 440 g/mol. The fourth-order valence-corrected chi connectivity index (χ4v) is 4.01. The van der Waals surface area contributed by atoms with Gasteiger partial charge in [0.15, 0.2) is 0 Å². The van der Waals surface area contributed by atoms with Crippen LogP contribution in [0.5, 0.6) is 5.88 Å². The largest absolute Gasteiger partial charge is 0.472 e. The van der Waals surface area contributed by atoms with Crippen molar-refractivity contribution in [3.8, 4) is 17.0 Å². The quantitative estimate of drug-likeness (QED) is 0.748. The van der Waals surface area contributed by atoms with Crippen LogP contribution in [-0.2, 0) is 4.79 Å². The summed E-state index contributed by atoms with van der Waals surface area (Å²) in [6, 6.07) is 9.40. The molecule has 7 nitrogen and oxygen atoms in total. The number of pyridine rings is 1. The van der Waals surface area contributed by atoms with E-state index in [2.05, 4.69) is 4.98 Å². The monoisotopic (exact) mass is 439 g/mol. The summed E-state index contributed by atoms with van der Waals surface area (Å²) in [5.41, 5.74) is 3.28. The maximum Gasteiger partial charge on any atom is 0.259 e. The van der Waals surface area contributed by atoms with E-state index >= 15 is 0 Å². The Hall–Kier alpha value is -2.93. The highest BCUT2D eigenvalue weighted by Gasteiger charge is 2.34. The molecule has 0 saturated carbocycles. The van der Waals surface area contributed by atoms with Gasteiger partial charge in [-0.2, -0.15) is 0 Å². The van der Waals surface area contributed by atoms with Crippen LogP contribution in [0.1, 0.15) is 43.1 Å². The minimum atomic E-state index is -0.353. The lowest BCUT2D eigenvalue weighted by Gasteiger charge is -2.37. The Balaban J connectivity index is 2.05. The summed E-state index contributed by atoms with van der Waals surface area (Å²) in [4.78, 5) is 33.5. The van der Waals surface area contributed by atoms with E-state index in [1.807, 2.05) is 58.0 Å². The number of aryl methyl sites for hydroxylation is 1. The van der Waals surface area contributed by atoms with Crippen molar-refractivity contribution in [2.75, 3.05) is 26.7 Å². The van der Waals surface area contributed by atoms with Crippen molar-refractivity contribution in [2.24, 2.45) is 5.92 Å². The zero-order valence-electron chi connectivity index (χ0n) is 19.5. The molecule has 0 bridgehead atoms. The van der Waals surface area contributed by atoms with Gasteiger partial charge >= 0.3 is 0 Å². The molecule has 0 saturated heterocycles. The molecular formula is C25H33N3O4. The van der Waals surface area contributed by atoms with Gasteiger partial charge in [0.05, 0.1) is 19.2 Å². The van der Waals surface area contributed by atoms with Crippen LogP contribution in [-0.4, -0.2) is 70.6 Å². The molecule has 172 valence electrons. The van der Waals surface area contributed by atoms with Gasteiger partial charge in [0.25, 0.3) is 5.91 Å². The molecule has 0 fully saturated rings. The number of carbonyl (C=O) groups is 2. The van der Waals surface area contributed by atoms with Gasteiger partial charge in [-0.1, -0.05) is 38.1 Å². The summed E-state index contributed by atoms with van der Waals surface area (Å²) < 4.78 is 6.25. The number of hydrogen-bond acceptors (Lipinski definition) is 5. The van der Waals surface area contributed by atoms with E-state index in [-0.39, 0.29) is 42.4 Å². The van der Waals surface area contributed by atoms with Crippen LogP contribution in [0.2, 0.25) is 0 Å². The van der Waals surface area contributed by atoms with Crippen molar-refractivity contribution < 1.29 is 19.4 Å². The Labute approximate surface area is 190 Å². The molecule has 3 atom stereocenters. The number of nitrogens with zero attached hydrogens (tertiary/aromatic N) is 3. The molecule has 1 aromatic heterocycles. The lowest BCUT2D eigenvalue weighted by Crippen LogP contribution is -2.50. The van der Waals surface area contributed by atoms with Gasteiger partial charge < -0.3 is 19.6 Å². The molecule has 0 unspecified atom stereocenters. The topological polar surface area (TPSA) is 83.0 Å². The third-order valence-electron chi connectivity index (χ3n) is 6.16. The van der Waals surface area contributed by atoms with Gasteiger partial charge in [-0.3, -0.25) is 9.59 Å². The summed E-state index contributed by atoms with van der Waals surface area (Å²) in [7, 11) is 1.76. The molecule has 3 rings (SSSR count). The molecule has 2 aromatic rings. The zero-order valence-corrected chi connectivity index (χ0v) is 19.5. The van der Waals surface area contributed by atoms with Crippen LogP contribution in [0.3, 0.4) is 0 Å². The maximum absolute atomic E-state index is 13.5. The van der Waals surface area contributed by atoms with Crippen molar-refractivity contribution in [3.63, 3.8) is 0 Å². The number of likely N-dealkylation sites (N-methyl/N-ethyl adjacent to an activating group) is 1. The smallest absolute Gasteiger partial charge is 0.259 e. The number of hydrogen-bond donors (Lipinski definition) is 1. The Morgan fingerprint density at radius 3 is 2.72 bits per heavy atom. The molecule has 32 heavy (non-hydrogen) atoms. The number of aliphatic hydroxyl groups is 1. The Morgan fingerprint density at radius 2 is 2.06 bits per heavy atom. The Kier molecular flexibility index (Phi) is 7.51. The lowest BCUT2D eigenvalue weighted by atomic mass is 9.98. The van der Waals surface area contributed by atoms with E-state index < -0.39 is 0 Å². The Morgan fingerprint density at radius 1 is 1.34 bits per heavy atom. The van der Waals surface area contributed by atoms with E-state index in [9.17, 15) is 14.7 Å². The summed E-state index contributed by atoms with van der Waals surface area (Å²) in [6.45, 7) is 8.33. The van der Waals surface area contributed by atoms with Crippen LogP contribution in [0, 0.1) is 12.8 Å². The molecule has 7 heteroatoms. The minimum Gasteiger partial charge on any atom is -0.472 e. The van der Waals surface area contributed by atoms with Crippen LogP contribution in [0.25, 0.3) is 11.1 Å². The molecule has 1 N–H and O–H groups in total. The number of amides is 2. The molecular weight excluding hydrogens is 406 g/mol. The summed E-state index contributed by atoms with van der Waals surface area (Å²) in [5, 5.41) is 9.79. The van der Waals surface area contributed by atoms with Gasteiger partial charge in [-0.05, 0) is 31.0 Å². The van der Waals surface area contributed by atoms with E-state index in [1.165, 1.54) is 0 Å². The van der Waals surface area contributed by atoms with Crippen molar-refractivity contribution >= 4 is 11.8 Å². The fraction of sp³-hybridized carbons (Fsp3) is 0.480. The van der Waals surface area contributed by atoms with Crippen LogP contribution in [0.4, 0.5) is 0 Å². The predicted octanol–water partition coefficient (Wildman–Crippen LogP) is 3.15. The van der Waals surface area contributed by atoms with Crippen LogP contribution < -0.4 is 4.74 Å². The fourth-order valence-electron chi connectivity index (χ4n) is 4.01. The second-order valence-electron chi connectivity index (χ2n) is 8.64. The SMILES string of the molecule is CCC(=O)N(C)C[C@@H]1Oc2ncc(-c3ccccc3C)cc2C(=O)N([C@@H](C)CO)C[C@@H]1C. The number of fused-ring (bicyclic) bond motifs is 1. The molecule has 1 aliphatic rings. The van der Waals surface area contributed by atoms with E-state index in [1.54, 1.807) is 23.0 Å². The first kappa shape index (κ1) is 23.7. The van der Waals surface area contributed by atoms with Crippen LogP contribution in [0.15, 0.2) is 36.5 Å². The number of benzene rings is 1. The first-order valence-corrected chi connectivity index (χ1v) is 11.1. The summed E-state index contributed by atoms with van der Waals surface area (Å²) in [5.74, 6) is 0.0118. The molecule has 0 radical (unpaired) electrons. The average Bonchev–Trinajstić information content (AvgIpc) is 2.80. The number of ether oxygens (including phenoxy) is 1. The second kappa shape index (κ2) is 10.1. The predicted molar refractivity (Wildman–Crippen MR) is 124 cm³/mol. The van der Waals surface area contributed by atoms with Gasteiger partial charge in [-0.25, -0.2) is 4.98 Å². The van der Waals surface area contributed by atoms with Crippen molar-refractivity contribution in [2.45, 2.75) is 46.3 Å². The first-order chi connectivity index (χ1) is 15.3. The van der Waals surface area contributed by atoms with Gasteiger partial charge in [0, 0.05) is 37.7 Å². The van der Waals surface area contributed by atoms with Gasteiger partial charge in [-0.15, -0.1) is 0 Å². The third kappa shape index (κ3) is 4.93. The highest BCUT2D eigenvalue weighted by Crippen LogP contribution is 2.31. The molecule has 1 aliphatic heterocycles. The molecule has 2 amide bonds. The number of carbonyl (C=O) groups excluding carboxylic acids is 2. The molecule has 0 aliphatic carbocycles. The molecule has 1 aromatic carbocycles. The highest BCUT2D eigenvalue weighted by atomic mass is 16.5. The van der Waals surface area contributed by atoms with E-state index in [0.29, 0.717) is 25.1 Å². The van der Waals surface area contributed by atoms with E-state index in [0.717, 1.165) is 16.7 Å². The summed E-state index contributed by atoms with van der Waals surface area (Å²) in [6.07, 6.45) is 1.80.